The number of carbonyl (C=O) groups is 2. The first-order chi connectivity index (χ1) is 14.0. The van der Waals surface area contributed by atoms with E-state index in [4.69, 9.17) is 4.74 Å². The number of hydrogen-bond donors (Lipinski definition) is 0. The average Bonchev–Trinajstić information content (AvgIpc) is 2.93. The van der Waals surface area contributed by atoms with Crippen molar-refractivity contribution in [3.05, 3.63) is 52.8 Å². The van der Waals surface area contributed by atoms with E-state index >= 15 is 0 Å². The van der Waals surface area contributed by atoms with Gasteiger partial charge >= 0.3 is 5.97 Å². The first kappa shape index (κ1) is 23.8. The maximum Gasteiger partial charge on any atom is 0.354 e. The lowest BCUT2D eigenvalue weighted by molar-refractivity contribution is 0.0588. The molecule has 8 nitrogen and oxygen atoms in total. The fourth-order valence-electron chi connectivity index (χ4n) is 3.35. The number of methoxy groups -OCH3 is 1. The summed E-state index contributed by atoms with van der Waals surface area (Å²) in [6.07, 6.45) is 0. The molecule has 1 heterocycles. The van der Waals surface area contributed by atoms with E-state index < -0.39 is 16.0 Å². The lowest BCUT2D eigenvalue weighted by Crippen LogP contribution is -2.40. The van der Waals surface area contributed by atoms with Gasteiger partial charge in [0.05, 0.1) is 18.6 Å². The Labute approximate surface area is 178 Å². The second-order valence-electron chi connectivity index (χ2n) is 7.36. The van der Waals surface area contributed by atoms with E-state index in [9.17, 15) is 18.0 Å². The molecule has 0 radical (unpaired) electrons. The number of benzene rings is 1. The number of ether oxygens (including phenoxy) is 1. The Hall–Kier alpha value is -2.49. The van der Waals surface area contributed by atoms with Crippen molar-refractivity contribution in [2.75, 3.05) is 40.8 Å². The van der Waals surface area contributed by atoms with Crippen LogP contribution in [0.25, 0.3) is 0 Å². The zero-order valence-electron chi connectivity index (χ0n) is 18.3. The summed E-state index contributed by atoms with van der Waals surface area (Å²) >= 11 is 0. The van der Waals surface area contributed by atoms with Gasteiger partial charge in [-0.2, -0.15) is 4.31 Å². The van der Waals surface area contributed by atoms with E-state index in [1.807, 2.05) is 19.0 Å². The van der Waals surface area contributed by atoms with Gasteiger partial charge in [-0.25, -0.2) is 13.2 Å². The number of rotatable bonds is 9. The van der Waals surface area contributed by atoms with Crippen LogP contribution in [0.15, 0.2) is 35.2 Å². The molecule has 30 heavy (non-hydrogen) atoms. The molecule has 1 aromatic heterocycles. The van der Waals surface area contributed by atoms with Gasteiger partial charge in [0.15, 0.2) is 5.78 Å². The molecular weight excluding hydrogens is 406 g/mol. The molecule has 164 valence electrons. The molecule has 0 unspecified atom stereocenters. The molecule has 9 heteroatoms. The SMILES string of the molecule is COC(=O)c1c(C)c(C(=O)CN(CCN(C)C)S(=O)(=O)c2ccccc2)c(C)n1C. The normalized spacial score (nSPS) is 11.9. The number of aromatic nitrogens is 1. The second-order valence-corrected chi connectivity index (χ2v) is 9.30. The molecule has 0 N–H and O–H groups in total. The van der Waals surface area contributed by atoms with Crippen LogP contribution in [0.5, 0.6) is 0 Å². The van der Waals surface area contributed by atoms with Gasteiger partial charge < -0.3 is 14.2 Å². The van der Waals surface area contributed by atoms with Gasteiger partial charge in [0.1, 0.15) is 5.69 Å². The highest BCUT2D eigenvalue weighted by Crippen LogP contribution is 2.24. The lowest BCUT2D eigenvalue weighted by Gasteiger charge is -2.23. The van der Waals surface area contributed by atoms with Crippen LogP contribution in [-0.4, -0.2) is 74.8 Å². The molecular formula is C21H29N3O5S. The molecule has 0 fully saturated rings. The number of esters is 1. The van der Waals surface area contributed by atoms with Crippen LogP contribution < -0.4 is 0 Å². The topological polar surface area (TPSA) is 88.9 Å². The zero-order valence-corrected chi connectivity index (χ0v) is 19.1. The summed E-state index contributed by atoms with van der Waals surface area (Å²) < 4.78 is 34.0. The van der Waals surface area contributed by atoms with Crippen LogP contribution in [0.4, 0.5) is 0 Å². The van der Waals surface area contributed by atoms with Crippen molar-refractivity contribution >= 4 is 21.8 Å². The van der Waals surface area contributed by atoms with Crippen molar-refractivity contribution in [2.45, 2.75) is 18.7 Å². The van der Waals surface area contributed by atoms with E-state index in [0.717, 1.165) is 0 Å². The quantitative estimate of drug-likeness (QED) is 0.441. The van der Waals surface area contributed by atoms with Crippen molar-refractivity contribution in [3.8, 4) is 0 Å². The Morgan fingerprint density at radius 1 is 1.07 bits per heavy atom. The highest BCUT2D eigenvalue weighted by atomic mass is 32.2. The predicted molar refractivity (Wildman–Crippen MR) is 114 cm³/mol. The monoisotopic (exact) mass is 435 g/mol. The number of carbonyl (C=O) groups excluding carboxylic acids is 2. The summed E-state index contributed by atoms with van der Waals surface area (Å²) in [5, 5.41) is 0. The third kappa shape index (κ3) is 4.80. The summed E-state index contributed by atoms with van der Waals surface area (Å²) in [6.45, 7) is 3.69. The Morgan fingerprint density at radius 3 is 2.20 bits per heavy atom. The molecule has 0 amide bonds. The van der Waals surface area contributed by atoms with Crippen LogP contribution in [0.1, 0.15) is 32.1 Å². The minimum absolute atomic E-state index is 0.133. The highest BCUT2D eigenvalue weighted by Gasteiger charge is 2.30. The maximum absolute atomic E-state index is 13.2. The molecule has 0 atom stereocenters. The second kappa shape index (κ2) is 9.55. The van der Waals surface area contributed by atoms with Crippen molar-refractivity contribution in [1.29, 1.82) is 0 Å². The summed E-state index contributed by atoms with van der Waals surface area (Å²) in [5.74, 6) is -0.910. The average molecular weight is 436 g/mol. The van der Waals surface area contributed by atoms with Gasteiger partial charge in [-0.1, -0.05) is 18.2 Å². The number of Topliss-reactive ketones (excluding diaryl/α,β-unsaturated/α-hetero) is 1. The highest BCUT2D eigenvalue weighted by molar-refractivity contribution is 7.89. The summed E-state index contributed by atoms with van der Waals surface area (Å²) in [4.78, 5) is 27.3. The predicted octanol–water partition coefficient (Wildman–Crippen LogP) is 1.86. The van der Waals surface area contributed by atoms with Crippen LogP contribution in [-0.2, 0) is 21.8 Å². The van der Waals surface area contributed by atoms with E-state index in [1.54, 1.807) is 43.7 Å². The first-order valence-corrected chi connectivity index (χ1v) is 10.9. The molecule has 1 aromatic carbocycles. The van der Waals surface area contributed by atoms with Gasteiger partial charge in [-0.15, -0.1) is 0 Å². The molecule has 0 aliphatic rings. The molecule has 0 bridgehead atoms. The Balaban J connectivity index is 2.44. The lowest BCUT2D eigenvalue weighted by atomic mass is 10.1. The van der Waals surface area contributed by atoms with Crippen LogP contribution in [0.2, 0.25) is 0 Å². The van der Waals surface area contributed by atoms with Crippen molar-refractivity contribution in [2.24, 2.45) is 7.05 Å². The largest absolute Gasteiger partial charge is 0.464 e. The standard InChI is InChI=1S/C21H29N3O5S/c1-15-19(16(2)23(5)20(15)21(26)29-6)18(25)14-24(13-12-22(3)4)30(27,28)17-10-8-7-9-11-17/h7-11H,12-14H2,1-6H3. The number of likely N-dealkylation sites (N-methyl/N-ethyl adjacent to an activating group) is 1. The first-order valence-electron chi connectivity index (χ1n) is 9.49. The molecule has 0 spiro atoms. The van der Waals surface area contributed by atoms with E-state index in [0.29, 0.717) is 23.4 Å². The van der Waals surface area contributed by atoms with Gasteiger partial charge in [-0.3, -0.25) is 4.79 Å². The molecule has 0 saturated heterocycles. The van der Waals surface area contributed by atoms with Gasteiger partial charge in [-0.05, 0) is 45.6 Å². The van der Waals surface area contributed by atoms with Gasteiger partial charge in [0.2, 0.25) is 10.0 Å². The minimum atomic E-state index is -3.86. The molecule has 2 rings (SSSR count). The molecule has 2 aromatic rings. The van der Waals surface area contributed by atoms with Crippen molar-refractivity contribution in [1.82, 2.24) is 13.8 Å². The summed E-state index contributed by atoms with van der Waals surface area (Å²) in [7, 11) is 2.77. The van der Waals surface area contributed by atoms with Crippen molar-refractivity contribution < 1.29 is 22.7 Å². The fourth-order valence-corrected chi connectivity index (χ4v) is 4.76. The van der Waals surface area contributed by atoms with Crippen LogP contribution in [0.3, 0.4) is 0 Å². The summed E-state index contributed by atoms with van der Waals surface area (Å²) in [5.41, 5.74) is 1.69. The number of sulfonamides is 1. The summed E-state index contributed by atoms with van der Waals surface area (Å²) in [6, 6.07) is 8.05. The van der Waals surface area contributed by atoms with Crippen LogP contribution >= 0.6 is 0 Å². The Kier molecular flexibility index (Phi) is 7.57. The maximum atomic E-state index is 13.2. The zero-order chi connectivity index (χ0) is 22.6. The number of nitrogens with zero attached hydrogens (tertiary/aromatic N) is 3. The third-order valence-electron chi connectivity index (χ3n) is 5.09. The van der Waals surface area contributed by atoms with Crippen molar-refractivity contribution in [3.63, 3.8) is 0 Å². The van der Waals surface area contributed by atoms with E-state index in [2.05, 4.69) is 0 Å². The van der Waals surface area contributed by atoms with E-state index in [-0.39, 0.29) is 29.5 Å². The van der Waals surface area contributed by atoms with E-state index in [1.165, 1.54) is 23.5 Å². The van der Waals surface area contributed by atoms with Crippen LogP contribution in [0, 0.1) is 13.8 Å². The number of hydrogen-bond acceptors (Lipinski definition) is 6. The molecule has 0 saturated carbocycles. The smallest absolute Gasteiger partial charge is 0.354 e. The minimum Gasteiger partial charge on any atom is -0.464 e. The van der Waals surface area contributed by atoms with Gasteiger partial charge in [0.25, 0.3) is 0 Å². The Bertz CT molecular complexity index is 1030. The fraction of sp³-hybridized carbons (Fsp3) is 0.429. The van der Waals surface area contributed by atoms with Gasteiger partial charge in [0, 0.05) is 31.4 Å². The Morgan fingerprint density at radius 2 is 1.67 bits per heavy atom. The third-order valence-corrected chi connectivity index (χ3v) is 6.95. The molecule has 0 aliphatic carbocycles. The molecule has 0 aliphatic heterocycles. The number of ketones is 1.